The number of hydrogen-bond donors (Lipinski definition) is 2. The number of hydrogen-bond acceptors (Lipinski definition) is 4. The van der Waals surface area contributed by atoms with Crippen LogP contribution in [0, 0.1) is 0 Å². The molecule has 0 fully saturated rings. The van der Waals surface area contributed by atoms with E-state index in [1.807, 2.05) is 6.92 Å². The minimum absolute atomic E-state index is 0.169. The predicted octanol–water partition coefficient (Wildman–Crippen LogP) is 1.09. The lowest BCUT2D eigenvalue weighted by atomic mass is 10.2. The third-order valence-electron chi connectivity index (χ3n) is 2.67. The van der Waals surface area contributed by atoms with Crippen LogP contribution in [0.5, 0.6) is 11.5 Å². The topological polar surface area (TPSA) is 90.7 Å². The Morgan fingerprint density at radius 2 is 2.10 bits per heavy atom. The lowest BCUT2D eigenvalue weighted by Gasteiger charge is -2.11. The number of carbonyl (C=O) groups excluding carboxylic acids is 2. The highest BCUT2D eigenvalue weighted by Gasteiger charge is 2.12. The first-order valence-electron chi connectivity index (χ1n) is 6.45. The minimum Gasteiger partial charge on any atom is -0.497 e. The summed E-state index contributed by atoms with van der Waals surface area (Å²) < 4.78 is 10.4. The first-order valence-corrected chi connectivity index (χ1v) is 6.45. The number of unbranched alkanes of at least 4 members (excludes halogenated alkanes) is 1. The van der Waals surface area contributed by atoms with Crippen LogP contribution in [0.1, 0.15) is 30.1 Å². The van der Waals surface area contributed by atoms with Gasteiger partial charge in [-0.2, -0.15) is 0 Å². The molecule has 0 radical (unpaired) electrons. The second kappa shape index (κ2) is 8.04. The maximum Gasteiger partial charge on any atom is 0.257 e. The SMILES string of the molecule is CCCCNC(=O)COc1cc(OC)ccc1C(N)=O. The van der Waals surface area contributed by atoms with Gasteiger partial charge in [-0.15, -0.1) is 0 Å². The lowest BCUT2D eigenvalue weighted by molar-refractivity contribution is -0.123. The van der Waals surface area contributed by atoms with Gasteiger partial charge in [-0.05, 0) is 18.6 Å². The molecule has 6 nitrogen and oxygen atoms in total. The zero-order valence-corrected chi connectivity index (χ0v) is 11.8. The van der Waals surface area contributed by atoms with E-state index >= 15 is 0 Å². The molecule has 0 aliphatic rings. The molecule has 0 saturated heterocycles. The van der Waals surface area contributed by atoms with Crippen molar-refractivity contribution in [2.45, 2.75) is 19.8 Å². The van der Waals surface area contributed by atoms with Crippen LogP contribution in [0.4, 0.5) is 0 Å². The van der Waals surface area contributed by atoms with Crippen molar-refractivity contribution in [3.63, 3.8) is 0 Å². The Balaban J connectivity index is 2.65. The summed E-state index contributed by atoms with van der Waals surface area (Å²) in [6.07, 6.45) is 1.92. The van der Waals surface area contributed by atoms with Crippen LogP contribution < -0.4 is 20.5 Å². The standard InChI is InChI=1S/C14H20N2O4/c1-3-4-7-16-13(17)9-20-12-8-10(19-2)5-6-11(12)14(15)18/h5-6,8H,3-4,7,9H2,1-2H3,(H2,15,18)(H,16,17). The van der Waals surface area contributed by atoms with E-state index in [2.05, 4.69) is 5.32 Å². The molecule has 110 valence electrons. The highest BCUT2D eigenvalue weighted by atomic mass is 16.5. The van der Waals surface area contributed by atoms with Gasteiger partial charge in [0, 0.05) is 12.6 Å². The summed E-state index contributed by atoms with van der Waals surface area (Å²) in [5.41, 5.74) is 5.47. The Hall–Kier alpha value is -2.24. The van der Waals surface area contributed by atoms with Gasteiger partial charge in [0.25, 0.3) is 11.8 Å². The van der Waals surface area contributed by atoms with E-state index in [0.717, 1.165) is 12.8 Å². The molecule has 3 N–H and O–H groups in total. The van der Waals surface area contributed by atoms with Gasteiger partial charge in [-0.1, -0.05) is 13.3 Å². The number of nitrogens with one attached hydrogen (secondary N) is 1. The van der Waals surface area contributed by atoms with E-state index < -0.39 is 5.91 Å². The molecule has 0 heterocycles. The van der Waals surface area contributed by atoms with Gasteiger partial charge in [0.2, 0.25) is 0 Å². The molecular weight excluding hydrogens is 260 g/mol. The normalized spacial score (nSPS) is 9.90. The fourth-order valence-corrected chi connectivity index (χ4v) is 1.55. The van der Waals surface area contributed by atoms with E-state index in [1.165, 1.54) is 19.2 Å². The lowest BCUT2D eigenvalue weighted by Crippen LogP contribution is -2.30. The monoisotopic (exact) mass is 280 g/mol. The molecule has 0 aliphatic carbocycles. The van der Waals surface area contributed by atoms with E-state index in [1.54, 1.807) is 6.07 Å². The van der Waals surface area contributed by atoms with Crippen molar-refractivity contribution >= 4 is 11.8 Å². The number of ether oxygens (including phenoxy) is 2. The molecular formula is C14H20N2O4. The molecule has 2 amide bonds. The van der Waals surface area contributed by atoms with Crippen molar-refractivity contribution < 1.29 is 19.1 Å². The molecule has 1 aromatic carbocycles. The van der Waals surface area contributed by atoms with Crippen molar-refractivity contribution in [2.24, 2.45) is 5.73 Å². The smallest absolute Gasteiger partial charge is 0.257 e. The second-order valence-electron chi connectivity index (χ2n) is 4.22. The van der Waals surface area contributed by atoms with E-state index in [0.29, 0.717) is 12.3 Å². The van der Waals surface area contributed by atoms with Crippen LogP contribution in [-0.2, 0) is 4.79 Å². The molecule has 0 spiro atoms. The molecule has 20 heavy (non-hydrogen) atoms. The summed E-state index contributed by atoms with van der Waals surface area (Å²) in [5, 5.41) is 2.72. The van der Waals surface area contributed by atoms with Gasteiger partial charge in [-0.3, -0.25) is 9.59 Å². The van der Waals surface area contributed by atoms with Gasteiger partial charge in [-0.25, -0.2) is 0 Å². The number of rotatable bonds is 8. The summed E-state index contributed by atoms with van der Waals surface area (Å²) in [4.78, 5) is 22.8. The third kappa shape index (κ3) is 4.79. The van der Waals surface area contributed by atoms with Gasteiger partial charge in [0.1, 0.15) is 11.5 Å². The Labute approximate surface area is 118 Å². The Bertz CT molecular complexity index is 474. The van der Waals surface area contributed by atoms with Crippen molar-refractivity contribution in [3.05, 3.63) is 23.8 Å². The Kier molecular flexibility index (Phi) is 6.36. The van der Waals surface area contributed by atoms with Crippen LogP contribution >= 0.6 is 0 Å². The average Bonchev–Trinajstić information content (AvgIpc) is 2.44. The molecule has 0 aliphatic heterocycles. The maximum absolute atomic E-state index is 11.5. The third-order valence-corrected chi connectivity index (χ3v) is 2.67. The van der Waals surface area contributed by atoms with Gasteiger partial charge in [0.05, 0.1) is 12.7 Å². The fraction of sp³-hybridized carbons (Fsp3) is 0.429. The summed E-state index contributed by atoms with van der Waals surface area (Å²) in [6, 6.07) is 4.64. The van der Waals surface area contributed by atoms with Crippen LogP contribution in [0.15, 0.2) is 18.2 Å². The van der Waals surface area contributed by atoms with E-state index in [9.17, 15) is 9.59 Å². The average molecular weight is 280 g/mol. The summed E-state index contributed by atoms with van der Waals surface area (Å²) in [5.74, 6) is -0.0929. The first-order chi connectivity index (χ1) is 9.58. The number of nitrogens with two attached hydrogens (primary N) is 1. The zero-order valence-electron chi connectivity index (χ0n) is 11.8. The largest absolute Gasteiger partial charge is 0.497 e. The Morgan fingerprint density at radius 3 is 2.70 bits per heavy atom. The first kappa shape index (κ1) is 15.8. The molecule has 1 rings (SSSR count). The van der Waals surface area contributed by atoms with Crippen LogP contribution in [-0.4, -0.2) is 32.1 Å². The second-order valence-corrected chi connectivity index (χ2v) is 4.22. The number of benzene rings is 1. The number of primary amides is 1. The van der Waals surface area contributed by atoms with Crippen molar-refractivity contribution in [3.8, 4) is 11.5 Å². The maximum atomic E-state index is 11.5. The minimum atomic E-state index is -0.617. The van der Waals surface area contributed by atoms with Gasteiger partial charge in [0.15, 0.2) is 6.61 Å². The Morgan fingerprint density at radius 1 is 1.35 bits per heavy atom. The molecule has 0 unspecified atom stereocenters. The summed E-state index contributed by atoms with van der Waals surface area (Å²) in [6.45, 7) is 2.48. The molecule has 0 aromatic heterocycles. The quantitative estimate of drug-likeness (QED) is 0.697. The van der Waals surface area contributed by atoms with Crippen molar-refractivity contribution in [2.75, 3.05) is 20.3 Å². The van der Waals surface area contributed by atoms with Crippen LogP contribution in [0.3, 0.4) is 0 Å². The van der Waals surface area contributed by atoms with Gasteiger partial charge >= 0.3 is 0 Å². The van der Waals surface area contributed by atoms with E-state index in [4.69, 9.17) is 15.2 Å². The molecule has 6 heteroatoms. The number of carbonyl (C=O) groups is 2. The molecule has 1 aromatic rings. The zero-order chi connectivity index (χ0) is 15.0. The number of methoxy groups -OCH3 is 1. The summed E-state index contributed by atoms with van der Waals surface area (Å²) >= 11 is 0. The molecule has 0 bridgehead atoms. The highest BCUT2D eigenvalue weighted by molar-refractivity contribution is 5.96. The van der Waals surface area contributed by atoms with Gasteiger partial charge < -0.3 is 20.5 Å². The fourth-order valence-electron chi connectivity index (χ4n) is 1.55. The molecule has 0 saturated carbocycles. The number of amides is 2. The van der Waals surface area contributed by atoms with Crippen molar-refractivity contribution in [1.29, 1.82) is 0 Å². The van der Waals surface area contributed by atoms with E-state index in [-0.39, 0.29) is 23.8 Å². The van der Waals surface area contributed by atoms with Crippen LogP contribution in [0.2, 0.25) is 0 Å². The highest BCUT2D eigenvalue weighted by Crippen LogP contribution is 2.24. The summed E-state index contributed by atoms with van der Waals surface area (Å²) in [7, 11) is 1.50. The van der Waals surface area contributed by atoms with Crippen LogP contribution in [0.25, 0.3) is 0 Å². The van der Waals surface area contributed by atoms with Crippen molar-refractivity contribution in [1.82, 2.24) is 5.32 Å². The molecule has 0 atom stereocenters. The predicted molar refractivity (Wildman–Crippen MR) is 74.9 cm³/mol.